The number of hydrazone groups is 1. The molecule has 0 atom stereocenters. The third-order valence-corrected chi connectivity index (χ3v) is 6.32. The molecule has 0 fully saturated rings. The van der Waals surface area contributed by atoms with Crippen LogP contribution < -0.4 is 10.3 Å². The molecule has 4 rings (SSSR count). The van der Waals surface area contributed by atoms with Crippen LogP contribution in [0.2, 0.25) is 10.0 Å². The van der Waals surface area contributed by atoms with Gasteiger partial charge in [0.1, 0.15) is 6.54 Å². The number of anilines is 2. The predicted octanol–water partition coefficient (Wildman–Crippen LogP) is 5.84. The van der Waals surface area contributed by atoms with Gasteiger partial charge in [0.05, 0.1) is 27.1 Å². The average Bonchev–Trinajstić information content (AvgIpc) is 2.75. The number of carbonyl (C=O) groups is 1. The molecule has 0 aliphatic carbocycles. The van der Waals surface area contributed by atoms with E-state index in [1.54, 1.807) is 30.8 Å². The van der Waals surface area contributed by atoms with Crippen LogP contribution in [0.3, 0.4) is 0 Å². The van der Waals surface area contributed by atoms with E-state index in [1.807, 2.05) is 53.4 Å². The van der Waals surface area contributed by atoms with Crippen molar-refractivity contribution in [1.82, 2.24) is 5.43 Å². The summed E-state index contributed by atoms with van der Waals surface area (Å²) in [6, 6.07) is 19.1. The van der Waals surface area contributed by atoms with E-state index in [2.05, 4.69) is 10.5 Å². The summed E-state index contributed by atoms with van der Waals surface area (Å²) >= 11 is 13.6. The zero-order valence-electron chi connectivity index (χ0n) is 15.9. The zero-order chi connectivity index (χ0) is 21.3. The van der Waals surface area contributed by atoms with Crippen LogP contribution in [0.5, 0.6) is 5.75 Å². The number of para-hydroxylation sites is 2. The highest BCUT2D eigenvalue weighted by Crippen LogP contribution is 2.47. The van der Waals surface area contributed by atoms with Crippen molar-refractivity contribution in [2.45, 2.75) is 16.7 Å². The summed E-state index contributed by atoms with van der Waals surface area (Å²) in [7, 11) is 0. The molecule has 152 valence electrons. The molecule has 5 nitrogen and oxygen atoms in total. The van der Waals surface area contributed by atoms with E-state index >= 15 is 0 Å². The SMILES string of the molecule is C/C(=N\NC(=O)CN1c2ccccc2Sc2ccccc21)c1cc(Cl)c(O)c(Cl)c1. The third-order valence-electron chi connectivity index (χ3n) is 4.62. The van der Waals surface area contributed by atoms with Crippen molar-refractivity contribution in [3.8, 4) is 5.75 Å². The summed E-state index contributed by atoms with van der Waals surface area (Å²) in [4.78, 5) is 16.9. The van der Waals surface area contributed by atoms with Crippen LogP contribution in [0.15, 0.2) is 75.6 Å². The van der Waals surface area contributed by atoms with Crippen LogP contribution in [0.1, 0.15) is 12.5 Å². The number of halogens is 2. The number of hydrogen-bond acceptors (Lipinski definition) is 5. The summed E-state index contributed by atoms with van der Waals surface area (Å²) in [5.41, 5.74) is 5.68. The highest BCUT2D eigenvalue weighted by Gasteiger charge is 2.24. The van der Waals surface area contributed by atoms with Gasteiger partial charge in [-0.05, 0) is 43.3 Å². The number of hydrogen-bond donors (Lipinski definition) is 2. The standard InChI is InChI=1S/C22H17Cl2N3O2S/c1-13(14-10-15(23)22(29)16(24)11-14)25-26-21(28)12-27-17-6-2-4-8-19(17)30-20-9-5-3-7-18(20)27/h2-11,29H,12H2,1H3,(H,26,28)/b25-13+. The van der Waals surface area contributed by atoms with Gasteiger partial charge in [0.2, 0.25) is 0 Å². The zero-order valence-corrected chi connectivity index (χ0v) is 18.2. The van der Waals surface area contributed by atoms with E-state index in [0.717, 1.165) is 21.2 Å². The lowest BCUT2D eigenvalue weighted by atomic mass is 10.1. The first-order chi connectivity index (χ1) is 14.4. The molecule has 1 aliphatic heterocycles. The van der Waals surface area contributed by atoms with E-state index in [4.69, 9.17) is 23.2 Å². The molecule has 0 spiro atoms. The summed E-state index contributed by atoms with van der Waals surface area (Å²) in [6.07, 6.45) is 0. The Bertz CT molecular complexity index is 1100. The van der Waals surface area contributed by atoms with Crippen molar-refractivity contribution in [2.75, 3.05) is 11.4 Å². The maximum atomic E-state index is 12.7. The second kappa shape index (κ2) is 8.60. The summed E-state index contributed by atoms with van der Waals surface area (Å²) < 4.78 is 0. The van der Waals surface area contributed by atoms with Crippen LogP contribution >= 0.6 is 35.0 Å². The van der Waals surface area contributed by atoms with Crippen LogP contribution in [0.4, 0.5) is 11.4 Å². The van der Waals surface area contributed by atoms with E-state index in [1.165, 1.54) is 0 Å². The van der Waals surface area contributed by atoms with Crippen LogP contribution in [-0.4, -0.2) is 23.3 Å². The lowest BCUT2D eigenvalue weighted by Gasteiger charge is -2.31. The summed E-state index contributed by atoms with van der Waals surface area (Å²) in [5.74, 6) is -0.443. The van der Waals surface area contributed by atoms with Gasteiger partial charge in [-0.25, -0.2) is 5.43 Å². The summed E-state index contributed by atoms with van der Waals surface area (Å²) in [6.45, 7) is 1.84. The Labute approximate surface area is 188 Å². The minimum absolute atomic E-state index is 0.114. The molecule has 3 aromatic carbocycles. The molecule has 3 aromatic rings. The van der Waals surface area contributed by atoms with Gasteiger partial charge < -0.3 is 10.0 Å². The van der Waals surface area contributed by atoms with Gasteiger partial charge in [0.15, 0.2) is 5.75 Å². The Hall–Kier alpha value is -2.67. The molecule has 0 aromatic heterocycles. The lowest BCUT2D eigenvalue weighted by molar-refractivity contribution is -0.119. The van der Waals surface area contributed by atoms with Gasteiger partial charge in [0, 0.05) is 15.4 Å². The van der Waals surface area contributed by atoms with Crippen LogP contribution in [0.25, 0.3) is 0 Å². The van der Waals surface area contributed by atoms with Crippen LogP contribution in [0, 0.1) is 0 Å². The molecule has 8 heteroatoms. The van der Waals surface area contributed by atoms with Crippen molar-refractivity contribution in [1.29, 1.82) is 0 Å². The number of nitrogens with zero attached hydrogens (tertiary/aromatic N) is 2. The second-order valence-corrected chi connectivity index (χ2v) is 8.54. The molecule has 0 saturated carbocycles. The van der Waals surface area contributed by atoms with Gasteiger partial charge in [-0.1, -0.05) is 59.2 Å². The Morgan fingerprint density at radius 1 is 1.03 bits per heavy atom. The number of benzene rings is 3. The number of phenols is 1. The van der Waals surface area contributed by atoms with E-state index < -0.39 is 0 Å². The molecule has 30 heavy (non-hydrogen) atoms. The van der Waals surface area contributed by atoms with E-state index in [-0.39, 0.29) is 28.2 Å². The first kappa shape index (κ1) is 20.6. The van der Waals surface area contributed by atoms with Gasteiger partial charge in [-0.15, -0.1) is 0 Å². The molecule has 0 radical (unpaired) electrons. The normalized spacial score (nSPS) is 12.9. The van der Waals surface area contributed by atoms with Crippen molar-refractivity contribution in [3.05, 3.63) is 76.3 Å². The second-order valence-electron chi connectivity index (χ2n) is 6.64. The largest absolute Gasteiger partial charge is 0.505 e. The molecule has 1 aliphatic rings. The highest BCUT2D eigenvalue weighted by molar-refractivity contribution is 7.99. The van der Waals surface area contributed by atoms with Gasteiger partial charge >= 0.3 is 0 Å². The Balaban J connectivity index is 1.54. The lowest BCUT2D eigenvalue weighted by Crippen LogP contribution is -2.34. The predicted molar refractivity (Wildman–Crippen MR) is 122 cm³/mol. The highest BCUT2D eigenvalue weighted by atomic mass is 35.5. The van der Waals surface area contributed by atoms with E-state index in [9.17, 15) is 9.90 Å². The maximum Gasteiger partial charge on any atom is 0.260 e. The maximum absolute atomic E-state index is 12.7. The monoisotopic (exact) mass is 457 g/mol. The Morgan fingerprint density at radius 3 is 2.13 bits per heavy atom. The molecular weight excluding hydrogens is 441 g/mol. The smallest absolute Gasteiger partial charge is 0.260 e. The molecule has 2 N–H and O–H groups in total. The molecule has 0 unspecified atom stereocenters. The average molecular weight is 458 g/mol. The van der Waals surface area contributed by atoms with Crippen molar-refractivity contribution in [3.63, 3.8) is 0 Å². The molecule has 1 amide bonds. The van der Waals surface area contributed by atoms with Gasteiger partial charge in [0.25, 0.3) is 5.91 Å². The van der Waals surface area contributed by atoms with Crippen LogP contribution in [-0.2, 0) is 4.79 Å². The fraction of sp³-hybridized carbons (Fsp3) is 0.0909. The molecule has 0 bridgehead atoms. The molecule has 1 heterocycles. The number of phenolic OH excluding ortho intramolecular Hbond substituents is 1. The minimum atomic E-state index is -0.262. The van der Waals surface area contributed by atoms with Crippen molar-refractivity contribution >= 4 is 58.0 Å². The van der Waals surface area contributed by atoms with Gasteiger partial charge in [-0.2, -0.15) is 5.10 Å². The topological polar surface area (TPSA) is 64.9 Å². The fourth-order valence-corrected chi connectivity index (χ4v) is 4.70. The number of amides is 1. The Morgan fingerprint density at radius 2 is 1.57 bits per heavy atom. The fourth-order valence-electron chi connectivity index (χ4n) is 3.12. The first-order valence-corrected chi connectivity index (χ1v) is 10.7. The number of rotatable bonds is 4. The third kappa shape index (κ3) is 4.12. The van der Waals surface area contributed by atoms with E-state index in [0.29, 0.717) is 11.3 Å². The number of nitrogens with one attached hydrogen (secondary N) is 1. The molecular formula is C22H17Cl2N3O2S. The first-order valence-electron chi connectivity index (χ1n) is 9.09. The Kier molecular flexibility index (Phi) is 5.90. The number of fused-ring (bicyclic) bond motifs is 2. The molecule has 0 saturated heterocycles. The number of aromatic hydroxyl groups is 1. The van der Waals surface area contributed by atoms with Crippen molar-refractivity contribution < 1.29 is 9.90 Å². The van der Waals surface area contributed by atoms with Crippen molar-refractivity contribution in [2.24, 2.45) is 5.10 Å². The van der Waals surface area contributed by atoms with Gasteiger partial charge in [-0.3, -0.25) is 4.79 Å². The number of carbonyl (C=O) groups excluding carboxylic acids is 1. The minimum Gasteiger partial charge on any atom is -0.505 e. The quantitative estimate of drug-likeness (QED) is 0.381. The summed E-state index contributed by atoms with van der Waals surface area (Å²) in [5, 5.41) is 14.1.